The molecule has 1 aliphatic rings. The number of hydrogen-bond donors (Lipinski definition) is 1. The molecule has 0 bridgehead atoms. The first-order chi connectivity index (χ1) is 9.63. The predicted octanol–water partition coefficient (Wildman–Crippen LogP) is 2.69. The lowest BCUT2D eigenvalue weighted by molar-refractivity contribution is 0.258. The summed E-state index contributed by atoms with van der Waals surface area (Å²) >= 11 is 0. The maximum Gasteiger partial charge on any atom is 0.123 e. The van der Waals surface area contributed by atoms with Gasteiger partial charge in [0.1, 0.15) is 11.9 Å². The Morgan fingerprint density at radius 1 is 1.30 bits per heavy atom. The van der Waals surface area contributed by atoms with Gasteiger partial charge in [-0.2, -0.15) is 0 Å². The summed E-state index contributed by atoms with van der Waals surface area (Å²) in [6.07, 6.45) is 0.780. The highest BCUT2D eigenvalue weighted by Gasteiger charge is 2.25. The first-order valence-corrected chi connectivity index (χ1v) is 7.94. The molecule has 0 saturated heterocycles. The van der Waals surface area contributed by atoms with Gasteiger partial charge in [0.2, 0.25) is 0 Å². The van der Waals surface area contributed by atoms with Crippen molar-refractivity contribution in [3.05, 3.63) is 53.6 Å². The number of anilines is 1. The van der Waals surface area contributed by atoms with Crippen LogP contribution in [-0.4, -0.2) is 16.1 Å². The SMILES string of the molecule is Cc1ccc(S(=O)CC2Cc3ccccc3O2)c(N)c1. The highest BCUT2D eigenvalue weighted by Crippen LogP contribution is 2.29. The second kappa shape index (κ2) is 5.29. The zero-order chi connectivity index (χ0) is 14.1. The Hall–Kier alpha value is -1.81. The zero-order valence-corrected chi connectivity index (χ0v) is 12.2. The Kier molecular flexibility index (Phi) is 3.49. The Balaban J connectivity index is 1.72. The Morgan fingerprint density at radius 2 is 2.10 bits per heavy atom. The van der Waals surface area contributed by atoms with Gasteiger partial charge < -0.3 is 10.5 Å². The van der Waals surface area contributed by atoms with Crippen molar-refractivity contribution in [3.8, 4) is 5.75 Å². The topological polar surface area (TPSA) is 52.3 Å². The summed E-state index contributed by atoms with van der Waals surface area (Å²) in [6.45, 7) is 1.97. The molecule has 0 radical (unpaired) electrons. The van der Waals surface area contributed by atoms with Gasteiger partial charge in [-0.15, -0.1) is 0 Å². The molecule has 0 saturated carbocycles. The van der Waals surface area contributed by atoms with Crippen LogP contribution in [0.15, 0.2) is 47.4 Å². The van der Waals surface area contributed by atoms with Crippen LogP contribution in [0.3, 0.4) is 0 Å². The molecule has 20 heavy (non-hydrogen) atoms. The molecule has 2 aromatic rings. The van der Waals surface area contributed by atoms with Crippen molar-refractivity contribution in [2.24, 2.45) is 0 Å². The Morgan fingerprint density at radius 3 is 2.85 bits per heavy atom. The van der Waals surface area contributed by atoms with Crippen LogP contribution >= 0.6 is 0 Å². The Bertz CT molecular complexity index is 644. The third-order valence-corrected chi connectivity index (χ3v) is 5.00. The number of para-hydroxylation sites is 1. The van der Waals surface area contributed by atoms with Crippen LogP contribution in [0.25, 0.3) is 0 Å². The average Bonchev–Trinajstić information content (AvgIpc) is 2.80. The summed E-state index contributed by atoms with van der Waals surface area (Å²) in [6, 6.07) is 13.6. The first kappa shape index (κ1) is 13.2. The molecule has 0 aromatic heterocycles. The summed E-state index contributed by atoms with van der Waals surface area (Å²) < 4.78 is 18.3. The summed E-state index contributed by atoms with van der Waals surface area (Å²) in [4.78, 5) is 0.704. The quantitative estimate of drug-likeness (QED) is 0.883. The summed E-state index contributed by atoms with van der Waals surface area (Å²) in [5.74, 6) is 1.38. The van der Waals surface area contributed by atoms with E-state index in [2.05, 4.69) is 6.07 Å². The molecule has 2 N–H and O–H groups in total. The number of hydrogen-bond acceptors (Lipinski definition) is 3. The molecule has 2 unspecified atom stereocenters. The van der Waals surface area contributed by atoms with Gasteiger partial charge in [-0.3, -0.25) is 4.21 Å². The molecule has 3 nitrogen and oxygen atoms in total. The van der Waals surface area contributed by atoms with Gasteiger partial charge in [-0.1, -0.05) is 24.3 Å². The molecular weight excluding hydrogens is 270 g/mol. The number of benzene rings is 2. The number of rotatable bonds is 3. The lowest BCUT2D eigenvalue weighted by Gasteiger charge is -2.12. The van der Waals surface area contributed by atoms with Gasteiger partial charge in [0.15, 0.2) is 0 Å². The van der Waals surface area contributed by atoms with Gasteiger partial charge in [-0.05, 0) is 36.2 Å². The van der Waals surface area contributed by atoms with Gasteiger partial charge in [0.05, 0.1) is 21.4 Å². The molecule has 0 fully saturated rings. The zero-order valence-electron chi connectivity index (χ0n) is 11.3. The van der Waals surface area contributed by atoms with Gasteiger partial charge in [-0.25, -0.2) is 0 Å². The van der Waals surface area contributed by atoms with Crippen molar-refractivity contribution in [2.45, 2.75) is 24.3 Å². The van der Waals surface area contributed by atoms with Gasteiger partial charge in [0.25, 0.3) is 0 Å². The number of ether oxygens (including phenoxy) is 1. The normalized spacial score (nSPS) is 18.4. The largest absolute Gasteiger partial charge is 0.489 e. The van der Waals surface area contributed by atoms with Crippen LogP contribution in [0.1, 0.15) is 11.1 Å². The highest BCUT2D eigenvalue weighted by molar-refractivity contribution is 7.85. The standard InChI is InChI=1S/C16H17NO2S/c1-11-6-7-16(14(17)8-11)20(18)10-13-9-12-4-2-3-5-15(12)19-13/h2-8,13H,9-10,17H2,1H3. The van der Waals surface area contributed by atoms with Crippen molar-refractivity contribution in [1.82, 2.24) is 0 Å². The molecule has 4 heteroatoms. The van der Waals surface area contributed by atoms with Gasteiger partial charge in [0, 0.05) is 12.1 Å². The van der Waals surface area contributed by atoms with E-state index in [9.17, 15) is 4.21 Å². The molecule has 0 spiro atoms. The maximum atomic E-state index is 12.4. The smallest absolute Gasteiger partial charge is 0.123 e. The van der Waals surface area contributed by atoms with E-state index in [0.29, 0.717) is 16.3 Å². The Labute approximate surface area is 121 Å². The molecule has 1 aliphatic heterocycles. The second-order valence-corrected chi connectivity index (χ2v) is 6.57. The molecule has 0 amide bonds. The van der Waals surface area contributed by atoms with Crippen LogP contribution in [0, 0.1) is 6.92 Å². The van der Waals surface area contributed by atoms with E-state index >= 15 is 0 Å². The second-order valence-electron chi connectivity index (χ2n) is 5.11. The van der Waals surface area contributed by atoms with E-state index in [4.69, 9.17) is 10.5 Å². The monoisotopic (exact) mass is 287 g/mol. The molecular formula is C16H17NO2S. The van der Waals surface area contributed by atoms with Crippen LogP contribution < -0.4 is 10.5 Å². The number of aryl methyl sites for hydroxylation is 1. The third-order valence-electron chi connectivity index (χ3n) is 3.46. The highest BCUT2D eigenvalue weighted by atomic mass is 32.2. The van der Waals surface area contributed by atoms with Crippen LogP contribution in [0.2, 0.25) is 0 Å². The first-order valence-electron chi connectivity index (χ1n) is 6.62. The fourth-order valence-corrected chi connectivity index (χ4v) is 3.73. The minimum atomic E-state index is -1.13. The summed E-state index contributed by atoms with van der Waals surface area (Å²) in [5, 5.41) is 0. The summed E-state index contributed by atoms with van der Waals surface area (Å²) in [5.41, 5.74) is 8.81. The van der Waals surface area contributed by atoms with Crippen molar-refractivity contribution < 1.29 is 8.95 Å². The van der Waals surface area contributed by atoms with Crippen molar-refractivity contribution >= 4 is 16.5 Å². The molecule has 3 rings (SSSR count). The van der Waals surface area contributed by atoms with Gasteiger partial charge >= 0.3 is 0 Å². The lowest BCUT2D eigenvalue weighted by Crippen LogP contribution is -2.22. The van der Waals surface area contributed by atoms with E-state index < -0.39 is 10.8 Å². The number of fused-ring (bicyclic) bond motifs is 1. The van der Waals surface area contributed by atoms with E-state index in [1.165, 1.54) is 5.56 Å². The van der Waals surface area contributed by atoms with E-state index in [-0.39, 0.29) is 6.10 Å². The molecule has 0 aliphatic carbocycles. The van der Waals surface area contributed by atoms with E-state index in [1.54, 1.807) is 0 Å². The number of nitrogen functional groups attached to an aromatic ring is 1. The molecule has 104 valence electrons. The third kappa shape index (κ3) is 2.56. The lowest BCUT2D eigenvalue weighted by atomic mass is 10.1. The minimum absolute atomic E-state index is 0.0334. The van der Waals surface area contributed by atoms with Crippen LogP contribution in [0.5, 0.6) is 5.75 Å². The van der Waals surface area contributed by atoms with E-state index in [1.807, 2.05) is 43.3 Å². The maximum absolute atomic E-state index is 12.4. The van der Waals surface area contributed by atoms with Crippen LogP contribution in [0.4, 0.5) is 5.69 Å². The van der Waals surface area contributed by atoms with Crippen molar-refractivity contribution in [1.29, 1.82) is 0 Å². The van der Waals surface area contributed by atoms with Crippen molar-refractivity contribution in [3.63, 3.8) is 0 Å². The molecule has 2 aromatic carbocycles. The average molecular weight is 287 g/mol. The number of nitrogens with two attached hydrogens (primary N) is 1. The minimum Gasteiger partial charge on any atom is -0.489 e. The van der Waals surface area contributed by atoms with E-state index in [0.717, 1.165) is 17.7 Å². The fraction of sp³-hybridized carbons (Fsp3) is 0.250. The fourth-order valence-electron chi connectivity index (χ4n) is 2.48. The predicted molar refractivity (Wildman–Crippen MR) is 81.4 cm³/mol. The summed E-state index contributed by atoms with van der Waals surface area (Å²) in [7, 11) is -1.13. The van der Waals surface area contributed by atoms with Crippen LogP contribution in [-0.2, 0) is 17.2 Å². The van der Waals surface area contributed by atoms with Crippen molar-refractivity contribution in [2.75, 3.05) is 11.5 Å². The molecule has 2 atom stereocenters. The molecule has 1 heterocycles.